The van der Waals surface area contributed by atoms with E-state index in [4.69, 9.17) is 21.3 Å². The second-order valence-electron chi connectivity index (χ2n) is 6.58. The number of fused-ring (bicyclic) bond motifs is 1. The minimum atomic E-state index is 0.634. The average molecular weight is 357 g/mol. The zero-order valence-electron chi connectivity index (χ0n) is 14.5. The zero-order chi connectivity index (χ0) is 17.4. The van der Waals surface area contributed by atoms with Crippen LogP contribution in [0.4, 0.5) is 0 Å². The van der Waals surface area contributed by atoms with Gasteiger partial charge in [0.15, 0.2) is 0 Å². The number of aromatic nitrogens is 3. The number of hydrogen-bond acceptors (Lipinski definition) is 4. The van der Waals surface area contributed by atoms with E-state index in [1.54, 1.807) is 0 Å². The van der Waals surface area contributed by atoms with Crippen LogP contribution in [-0.4, -0.2) is 46.4 Å². The van der Waals surface area contributed by atoms with Crippen molar-refractivity contribution in [1.82, 2.24) is 20.1 Å². The summed E-state index contributed by atoms with van der Waals surface area (Å²) in [7, 11) is 0. The number of benzene rings is 1. The molecule has 6 heteroatoms. The number of halogens is 1. The lowest BCUT2D eigenvalue weighted by Crippen LogP contribution is -2.35. The highest BCUT2D eigenvalue weighted by Gasteiger charge is 2.15. The van der Waals surface area contributed by atoms with Crippen LogP contribution in [0.3, 0.4) is 0 Å². The second kappa shape index (κ2) is 6.75. The molecule has 0 unspecified atom stereocenters. The van der Waals surface area contributed by atoms with Gasteiger partial charge in [0.05, 0.1) is 35.1 Å². The van der Waals surface area contributed by atoms with Crippen LogP contribution in [0.1, 0.15) is 16.8 Å². The maximum Gasteiger partial charge on any atom is 0.129 e. The summed E-state index contributed by atoms with van der Waals surface area (Å²) >= 11 is 6.33. The molecule has 0 bridgehead atoms. The number of rotatable bonds is 3. The van der Waals surface area contributed by atoms with Crippen molar-refractivity contribution in [2.75, 3.05) is 26.3 Å². The molecule has 0 spiro atoms. The molecule has 25 heavy (non-hydrogen) atoms. The first kappa shape index (κ1) is 16.5. The van der Waals surface area contributed by atoms with Gasteiger partial charge in [-0.05, 0) is 43.2 Å². The topological polar surface area (TPSA) is 54.0 Å². The van der Waals surface area contributed by atoms with Crippen molar-refractivity contribution >= 4 is 22.5 Å². The Kier molecular flexibility index (Phi) is 4.46. The summed E-state index contributed by atoms with van der Waals surface area (Å²) in [6, 6.07) is 8.55. The molecule has 3 aromatic rings. The Morgan fingerprint density at radius 1 is 1.20 bits per heavy atom. The summed E-state index contributed by atoms with van der Waals surface area (Å²) in [5.74, 6) is 0. The Hall–Kier alpha value is -1.95. The molecule has 1 aromatic carbocycles. The van der Waals surface area contributed by atoms with Crippen LogP contribution >= 0.6 is 11.6 Å². The molecule has 1 N–H and O–H groups in total. The molecule has 0 radical (unpaired) electrons. The van der Waals surface area contributed by atoms with Crippen molar-refractivity contribution in [3.05, 3.63) is 46.1 Å². The van der Waals surface area contributed by atoms with Crippen LogP contribution in [0, 0.1) is 13.8 Å². The predicted octanol–water partition coefficient (Wildman–Crippen LogP) is 3.73. The highest BCUT2D eigenvalue weighted by molar-refractivity contribution is 6.33. The number of pyridine rings is 1. The van der Waals surface area contributed by atoms with Crippen molar-refractivity contribution in [2.45, 2.75) is 20.4 Å². The number of aromatic amines is 1. The van der Waals surface area contributed by atoms with Gasteiger partial charge in [0, 0.05) is 25.0 Å². The predicted molar refractivity (Wildman–Crippen MR) is 99.9 cm³/mol. The fourth-order valence-electron chi connectivity index (χ4n) is 3.26. The highest BCUT2D eigenvalue weighted by Crippen LogP contribution is 2.30. The Balaban J connectivity index is 1.68. The Labute approximate surface area is 152 Å². The normalized spacial score (nSPS) is 15.8. The molecular weight excluding hydrogens is 336 g/mol. The summed E-state index contributed by atoms with van der Waals surface area (Å²) in [6.07, 6.45) is 0. The number of ether oxygens (including phenoxy) is 1. The Morgan fingerprint density at radius 3 is 2.72 bits per heavy atom. The van der Waals surface area contributed by atoms with E-state index in [1.165, 1.54) is 16.5 Å². The first-order valence-corrected chi connectivity index (χ1v) is 8.91. The standard InChI is InChI=1S/C19H21ClN4O/c1-12-9-17(19-18(20)13(2)22-23-19)21-16-4-3-14(10-15(12)16)11-24-5-7-25-8-6-24/h3-4,9-10H,5-8,11H2,1-2H3,(H,22,23). The van der Waals surface area contributed by atoms with E-state index in [-0.39, 0.29) is 0 Å². The van der Waals surface area contributed by atoms with Gasteiger partial charge in [-0.1, -0.05) is 17.7 Å². The van der Waals surface area contributed by atoms with Crippen LogP contribution in [0.15, 0.2) is 24.3 Å². The quantitative estimate of drug-likeness (QED) is 0.777. The molecule has 3 heterocycles. The lowest BCUT2D eigenvalue weighted by molar-refractivity contribution is 0.0342. The van der Waals surface area contributed by atoms with Gasteiger partial charge in [0.25, 0.3) is 0 Å². The smallest absolute Gasteiger partial charge is 0.129 e. The molecule has 1 saturated heterocycles. The lowest BCUT2D eigenvalue weighted by Gasteiger charge is -2.26. The summed E-state index contributed by atoms with van der Waals surface area (Å²) in [4.78, 5) is 7.19. The van der Waals surface area contributed by atoms with Crippen molar-refractivity contribution in [1.29, 1.82) is 0 Å². The van der Waals surface area contributed by atoms with E-state index in [0.29, 0.717) is 10.7 Å². The van der Waals surface area contributed by atoms with E-state index < -0.39 is 0 Å². The fraction of sp³-hybridized carbons (Fsp3) is 0.368. The summed E-state index contributed by atoms with van der Waals surface area (Å²) in [6.45, 7) is 8.59. The van der Waals surface area contributed by atoms with Gasteiger partial charge in [-0.15, -0.1) is 0 Å². The van der Waals surface area contributed by atoms with Crippen molar-refractivity contribution < 1.29 is 4.74 Å². The number of morpholine rings is 1. The highest BCUT2D eigenvalue weighted by atomic mass is 35.5. The molecule has 2 aromatic heterocycles. The molecule has 1 aliphatic rings. The molecule has 1 fully saturated rings. The second-order valence-corrected chi connectivity index (χ2v) is 6.95. The third-order valence-electron chi connectivity index (χ3n) is 4.70. The van der Waals surface area contributed by atoms with E-state index in [2.05, 4.69) is 46.3 Å². The van der Waals surface area contributed by atoms with Crippen LogP contribution < -0.4 is 0 Å². The maximum absolute atomic E-state index is 6.33. The van der Waals surface area contributed by atoms with Crippen molar-refractivity contribution in [3.8, 4) is 11.4 Å². The zero-order valence-corrected chi connectivity index (χ0v) is 15.2. The minimum Gasteiger partial charge on any atom is -0.379 e. The number of nitrogens with zero attached hydrogens (tertiary/aromatic N) is 3. The first-order chi connectivity index (χ1) is 12.1. The molecule has 0 amide bonds. The minimum absolute atomic E-state index is 0.634. The molecular formula is C19H21ClN4O. The Morgan fingerprint density at radius 2 is 2.00 bits per heavy atom. The molecule has 1 aliphatic heterocycles. The van der Waals surface area contributed by atoms with Gasteiger partial charge in [-0.2, -0.15) is 5.10 Å². The maximum atomic E-state index is 6.33. The van der Waals surface area contributed by atoms with Crippen LogP contribution in [0.5, 0.6) is 0 Å². The van der Waals surface area contributed by atoms with E-state index in [9.17, 15) is 0 Å². The van der Waals surface area contributed by atoms with Crippen LogP contribution in [-0.2, 0) is 11.3 Å². The van der Waals surface area contributed by atoms with Gasteiger partial charge in [0.2, 0.25) is 0 Å². The third-order valence-corrected chi connectivity index (χ3v) is 5.17. The van der Waals surface area contributed by atoms with Gasteiger partial charge >= 0.3 is 0 Å². The molecule has 0 atom stereocenters. The van der Waals surface area contributed by atoms with E-state index >= 15 is 0 Å². The van der Waals surface area contributed by atoms with Gasteiger partial charge in [0.1, 0.15) is 5.69 Å². The molecule has 130 valence electrons. The Bertz CT molecular complexity index is 915. The monoisotopic (exact) mass is 356 g/mol. The molecule has 0 saturated carbocycles. The van der Waals surface area contributed by atoms with Gasteiger partial charge in [-0.3, -0.25) is 10.00 Å². The number of H-pyrrole nitrogens is 1. The molecule has 4 rings (SSSR count). The van der Waals surface area contributed by atoms with Crippen molar-refractivity contribution in [2.24, 2.45) is 0 Å². The third kappa shape index (κ3) is 3.27. The number of hydrogen-bond donors (Lipinski definition) is 1. The van der Waals surface area contributed by atoms with Crippen LogP contribution in [0.25, 0.3) is 22.3 Å². The molecule has 5 nitrogen and oxygen atoms in total. The summed E-state index contributed by atoms with van der Waals surface area (Å²) in [5.41, 5.74) is 5.83. The number of nitrogens with one attached hydrogen (secondary N) is 1. The SMILES string of the molecule is Cc1[nH]nc(-c2cc(C)c3cc(CN4CCOCC4)ccc3n2)c1Cl. The van der Waals surface area contributed by atoms with Gasteiger partial charge < -0.3 is 4.74 Å². The van der Waals surface area contributed by atoms with Crippen molar-refractivity contribution in [3.63, 3.8) is 0 Å². The van der Waals surface area contributed by atoms with E-state index in [0.717, 1.165) is 49.8 Å². The lowest BCUT2D eigenvalue weighted by atomic mass is 10.0. The number of aryl methyl sites for hydroxylation is 2. The average Bonchev–Trinajstić information content (AvgIpc) is 2.95. The summed E-state index contributed by atoms with van der Waals surface area (Å²) < 4.78 is 5.42. The summed E-state index contributed by atoms with van der Waals surface area (Å²) in [5, 5.41) is 9.02. The van der Waals surface area contributed by atoms with E-state index in [1.807, 2.05) is 6.92 Å². The van der Waals surface area contributed by atoms with Gasteiger partial charge in [-0.25, -0.2) is 4.98 Å². The van der Waals surface area contributed by atoms with Crippen LogP contribution in [0.2, 0.25) is 5.02 Å². The largest absolute Gasteiger partial charge is 0.379 e. The first-order valence-electron chi connectivity index (χ1n) is 8.53. The fourth-order valence-corrected chi connectivity index (χ4v) is 3.45. The molecule has 0 aliphatic carbocycles.